The van der Waals surface area contributed by atoms with Gasteiger partial charge in [0.2, 0.25) is 5.91 Å². The topological polar surface area (TPSA) is 95.9 Å². The van der Waals surface area contributed by atoms with Crippen molar-refractivity contribution >= 4 is 29.7 Å². The Bertz CT molecular complexity index is 1070. The highest BCUT2D eigenvalue weighted by Gasteiger charge is 2.48. The van der Waals surface area contributed by atoms with E-state index in [0.717, 1.165) is 22.3 Å². The third kappa shape index (κ3) is 5.03. The van der Waals surface area contributed by atoms with Crippen LogP contribution in [0.3, 0.4) is 0 Å². The first-order valence-corrected chi connectivity index (χ1v) is 13.3. The number of carbonyl (C=O) groups excluding carboxylic acids is 2. The summed E-state index contributed by atoms with van der Waals surface area (Å²) in [5.74, 6) is -0.824. The number of alkyl carbamates (subject to hydrolysis) is 1. The first-order valence-electron chi connectivity index (χ1n) is 11.9. The van der Waals surface area contributed by atoms with Crippen LogP contribution in [-0.2, 0) is 14.3 Å². The molecule has 2 amide bonds. The van der Waals surface area contributed by atoms with Gasteiger partial charge in [-0.3, -0.25) is 4.79 Å². The minimum Gasteiger partial charge on any atom is -0.480 e. The number of carbonyl (C=O) groups is 3. The molecule has 1 aliphatic carbocycles. The number of hydrogen-bond donors (Lipinski definition) is 2. The molecule has 2 aromatic rings. The fraction of sp³-hybridized carbons (Fsp3) is 0.444. The molecule has 4 rings (SSSR count). The fourth-order valence-corrected chi connectivity index (χ4v) is 5.75. The second kappa shape index (κ2) is 10.3. The SMILES string of the molecule is CSCC[C@H](NC(=O)OCC1c2ccccc2-c2ccccc21)C(=O)N1CCC(C)(C)C1C(=O)O. The number of thioether (sulfide) groups is 1. The number of carboxylic acids is 1. The third-order valence-electron chi connectivity index (χ3n) is 7.11. The maximum atomic E-state index is 13.4. The van der Waals surface area contributed by atoms with E-state index in [1.807, 2.05) is 56.5 Å². The van der Waals surface area contributed by atoms with Crippen molar-refractivity contribution in [2.75, 3.05) is 25.2 Å². The maximum absolute atomic E-state index is 13.4. The zero-order chi connectivity index (χ0) is 25.2. The van der Waals surface area contributed by atoms with Crippen molar-refractivity contribution in [3.05, 3.63) is 59.7 Å². The number of rotatable bonds is 8. The first kappa shape index (κ1) is 25.1. The molecule has 0 spiro atoms. The molecule has 35 heavy (non-hydrogen) atoms. The molecule has 7 nitrogen and oxygen atoms in total. The molecule has 2 aliphatic rings. The van der Waals surface area contributed by atoms with Gasteiger partial charge in [0.25, 0.3) is 0 Å². The lowest BCUT2D eigenvalue weighted by atomic mass is 9.85. The van der Waals surface area contributed by atoms with Crippen LogP contribution in [0.15, 0.2) is 48.5 Å². The average Bonchev–Trinajstić information content (AvgIpc) is 3.33. The minimum absolute atomic E-state index is 0.0794. The number of fused-ring (bicyclic) bond motifs is 3. The van der Waals surface area contributed by atoms with E-state index in [4.69, 9.17) is 4.74 Å². The summed E-state index contributed by atoms with van der Waals surface area (Å²) >= 11 is 1.56. The van der Waals surface area contributed by atoms with Gasteiger partial charge < -0.3 is 20.1 Å². The summed E-state index contributed by atoms with van der Waals surface area (Å²) in [6, 6.07) is 14.4. The van der Waals surface area contributed by atoms with Crippen molar-refractivity contribution < 1.29 is 24.2 Å². The van der Waals surface area contributed by atoms with E-state index >= 15 is 0 Å². The van der Waals surface area contributed by atoms with Crippen LogP contribution in [0.4, 0.5) is 4.79 Å². The molecule has 1 saturated heterocycles. The zero-order valence-corrected chi connectivity index (χ0v) is 21.1. The van der Waals surface area contributed by atoms with Gasteiger partial charge in [0.05, 0.1) is 0 Å². The van der Waals surface area contributed by atoms with E-state index in [0.29, 0.717) is 25.1 Å². The molecule has 0 bridgehead atoms. The highest BCUT2D eigenvalue weighted by Crippen LogP contribution is 2.44. The Hall–Kier alpha value is -3.00. The number of aliphatic carboxylic acids is 1. The van der Waals surface area contributed by atoms with E-state index in [1.54, 1.807) is 11.8 Å². The van der Waals surface area contributed by atoms with Crippen molar-refractivity contribution in [2.45, 2.75) is 44.7 Å². The number of nitrogens with zero attached hydrogens (tertiary/aromatic N) is 1. The molecule has 1 aliphatic heterocycles. The van der Waals surface area contributed by atoms with E-state index in [9.17, 15) is 19.5 Å². The van der Waals surface area contributed by atoms with Crippen LogP contribution in [0.25, 0.3) is 11.1 Å². The van der Waals surface area contributed by atoms with Crippen LogP contribution < -0.4 is 5.32 Å². The lowest BCUT2D eigenvalue weighted by Crippen LogP contribution is -2.54. The predicted molar refractivity (Wildman–Crippen MR) is 137 cm³/mol. The molecular weight excluding hydrogens is 464 g/mol. The van der Waals surface area contributed by atoms with Gasteiger partial charge in [-0.15, -0.1) is 0 Å². The lowest BCUT2D eigenvalue weighted by molar-refractivity contribution is -0.152. The molecule has 1 unspecified atom stereocenters. The van der Waals surface area contributed by atoms with Crippen molar-refractivity contribution in [1.82, 2.24) is 10.2 Å². The van der Waals surface area contributed by atoms with E-state index in [1.165, 1.54) is 4.90 Å². The summed E-state index contributed by atoms with van der Waals surface area (Å²) in [5.41, 5.74) is 3.97. The second-order valence-electron chi connectivity index (χ2n) is 9.81. The predicted octanol–water partition coefficient (Wildman–Crippen LogP) is 4.36. The standard InChI is InChI=1S/C27H32N2O5S/c1-27(2)13-14-29(23(27)25(31)32)24(30)22(12-15-35-3)28-26(33)34-16-21-19-10-6-4-8-17(19)18-9-5-7-11-20(18)21/h4-11,21-23H,12-16H2,1-3H3,(H,28,33)(H,31,32)/t22-,23?/m0/s1. The average molecular weight is 497 g/mol. The summed E-state index contributed by atoms with van der Waals surface area (Å²) in [6.45, 7) is 4.21. The van der Waals surface area contributed by atoms with Crippen molar-refractivity contribution in [1.29, 1.82) is 0 Å². The van der Waals surface area contributed by atoms with Gasteiger partial charge in [-0.1, -0.05) is 62.4 Å². The highest BCUT2D eigenvalue weighted by molar-refractivity contribution is 7.98. The van der Waals surface area contributed by atoms with Crippen LogP contribution in [0.2, 0.25) is 0 Å². The molecule has 1 fully saturated rings. The van der Waals surface area contributed by atoms with Crippen molar-refractivity contribution in [3.8, 4) is 11.1 Å². The fourth-order valence-electron chi connectivity index (χ4n) is 5.28. The zero-order valence-electron chi connectivity index (χ0n) is 20.3. The third-order valence-corrected chi connectivity index (χ3v) is 7.75. The number of likely N-dealkylation sites (tertiary alicyclic amines) is 1. The first-order chi connectivity index (χ1) is 16.7. The van der Waals surface area contributed by atoms with Gasteiger partial charge in [-0.2, -0.15) is 11.8 Å². The number of amides is 2. The molecule has 186 valence electrons. The second-order valence-corrected chi connectivity index (χ2v) is 10.8. The van der Waals surface area contributed by atoms with E-state index < -0.39 is 29.6 Å². The number of carboxylic acid groups (broad SMARTS) is 1. The number of benzene rings is 2. The Morgan fingerprint density at radius 3 is 2.29 bits per heavy atom. The van der Waals surface area contributed by atoms with Gasteiger partial charge in [0.1, 0.15) is 18.7 Å². The largest absolute Gasteiger partial charge is 0.480 e. The van der Waals surface area contributed by atoms with Crippen molar-refractivity contribution in [2.24, 2.45) is 5.41 Å². The maximum Gasteiger partial charge on any atom is 0.407 e. The molecule has 0 aromatic heterocycles. The molecule has 2 N–H and O–H groups in total. The molecule has 2 aromatic carbocycles. The molecule has 2 atom stereocenters. The van der Waals surface area contributed by atoms with Gasteiger partial charge in [-0.05, 0) is 52.5 Å². The van der Waals surface area contributed by atoms with E-state index in [-0.39, 0.29) is 18.4 Å². The van der Waals surface area contributed by atoms with Crippen LogP contribution in [0, 0.1) is 5.41 Å². The van der Waals surface area contributed by atoms with Gasteiger partial charge in [-0.25, -0.2) is 9.59 Å². The Labute approximate surface area is 210 Å². The summed E-state index contributed by atoms with van der Waals surface area (Å²) in [7, 11) is 0. The molecule has 1 heterocycles. The molecule has 0 saturated carbocycles. The summed E-state index contributed by atoms with van der Waals surface area (Å²) in [4.78, 5) is 39.5. The quantitative estimate of drug-likeness (QED) is 0.564. The van der Waals surface area contributed by atoms with Crippen LogP contribution in [0.5, 0.6) is 0 Å². The van der Waals surface area contributed by atoms with Crippen LogP contribution in [0.1, 0.15) is 43.7 Å². The molecule has 8 heteroatoms. The van der Waals surface area contributed by atoms with Crippen LogP contribution >= 0.6 is 11.8 Å². The summed E-state index contributed by atoms with van der Waals surface area (Å²) in [6.07, 6.45) is 2.24. The van der Waals surface area contributed by atoms with Gasteiger partial charge >= 0.3 is 12.1 Å². The number of ether oxygens (including phenoxy) is 1. The lowest BCUT2D eigenvalue weighted by Gasteiger charge is -2.31. The Morgan fingerprint density at radius 1 is 1.11 bits per heavy atom. The van der Waals surface area contributed by atoms with Gasteiger partial charge in [0, 0.05) is 12.5 Å². The number of nitrogens with one attached hydrogen (secondary N) is 1. The Morgan fingerprint density at radius 2 is 1.71 bits per heavy atom. The summed E-state index contributed by atoms with van der Waals surface area (Å²) < 4.78 is 5.63. The highest BCUT2D eigenvalue weighted by atomic mass is 32.2. The number of hydrogen-bond acceptors (Lipinski definition) is 5. The molecule has 0 radical (unpaired) electrons. The summed E-state index contributed by atoms with van der Waals surface area (Å²) in [5, 5.41) is 12.5. The Kier molecular flexibility index (Phi) is 7.40. The Balaban J connectivity index is 1.45. The van der Waals surface area contributed by atoms with E-state index in [2.05, 4.69) is 17.4 Å². The normalized spacial score (nSPS) is 19.1. The monoisotopic (exact) mass is 496 g/mol. The van der Waals surface area contributed by atoms with Crippen molar-refractivity contribution in [3.63, 3.8) is 0 Å². The smallest absolute Gasteiger partial charge is 0.407 e. The van der Waals surface area contributed by atoms with Crippen LogP contribution in [-0.4, -0.2) is 65.2 Å². The van der Waals surface area contributed by atoms with Gasteiger partial charge in [0.15, 0.2) is 0 Å². The molecular formula is C27H32N2O5S. The minimum atomic E-state index is -1.02.